The number of aromatic nitrogens is 1. The molecule has 3 aromatic carbocycles. The van der Waals surface area contributed by atoms with E-state index in [1.807, 2.05) is 48.7 Å². The summed E-state index contributed by atoms with van der Waals surface area (Å²) in [5.74, 6) is 4.27. The van der Waals surface area contributed by atoms with Crippen LogP contribution in [-0.4, -0.2) is 53.5 Å². The zero-order valence-electron chi connectivity index (χ0n) is 25.5. The molecule has 3 aliphatic rings. The number of benzene rings is 3. The van der Waals surface area contributed by atoms with E-state index in [0.29, 0.717) is 23.6 Å². The molecule has 0 saturated carbocycles. The van der Waals surface area contributed by atoms with Crippen molar-refractivity contribution in [1.29, 1.82) is 0 Å². The van der Waals surface area contributed by atoms with E-state index in [2.05, 4.69) is 77.0 Å². The van der Waals surface area contributed by atoms with Gasteiger partial charge in [0, 0.05) is 43.0 Å². The second kappa shape index (κ2) is 14.2. The molecule has 6 rings (SSSR count). The summed E-state index contributed by atoms with van der Waals surface area (Å²) in [5.41, 5.74) is 7.15. The summed E-state index contributed by atoms with van der Waals surface area (Å²) in [5, 5.41) is 0. The van der Waals surface area contributed by atoms with Gasteiger partial charge in [-0.3, -0.25) is 9.78 Å². The highest BCUT2D eigenvalue weighted by Crippen LogP contribution is 2.29. The Hall–Kier alpha value is -4.40. The van der Waals surface area contributed by atoms with E-state index in [-0.39, 0.29) is 11.9 Å². The summed E-state index contributed by atoms with van der Waals surface area (Å²) >= 11 is 0. The van der Waals surface area contributed by atoms with Gasteiger partial charge in [-0.25, -0.2) is 0 Å². The first kappa shape index (κ1) is 30.1. The summed E-state index contributed by atoms with van der Waals surface area (Å²) < 4.78 is 5.28. The van der Waals surface area contributed by atoms with E-state index in [1.165, 1.54) is 17.7 Å². The van der Waals surface area contributed by atoms with Crippen LogP contribution in [0.3, 0.4) is 0 Å². The fourth-order valence-electron chi connectivity index (χ4n) is 5.55. The number of carbonyl (C=O) groups excluding carboxylic acids is 1. The van der Waals surface area contributed by atoms with Crippen LogP contribution in [0.2, 0.25) is 0 Å². The van der Waals surface area contributed by atoms with Crippen molar-refractivity contribution in [2.24, 2.45) is 5.92 Å². The van der Waals surface area contributed by atoms with E-state index >= 15 is 0 Å². The predicted molar refractivity (Wildman–Crippen MR) is 175 cm³/mol. The zero-order valence-corrected chi connectivity index (χ0v) is 25.5. The number of rotatable bonds is 9. The van der Waals surface area contributed by atoms with E-state index in [0.717, 1.165) is 54.9 Å². The highest BCUT2D eigenvalue weighted by atomic mass is 16.5. The first-order valence-electron chi connectivity index (χ1n) is 15.2. The molecule has 1 saturated heterocycles. The predicted octanol–water partition coefficient (Wildman–Crippen LogP) is 7.56. The molecular weight excluding hydrogens is 530 g/mol. The number of pyridine rings is 1. The van der Waals surface area contributed by atoms with Crippen LogP contribution < -0.4 is 4.74 Å². The third-order valence-electron chi connectivity index (χ3n) is 8.30. The van der Waals surface area contributed by atoms with Crippen molar-refractivity contribution in [3.8, 4) is 40.5 Å². The molecular formula is C38H41N3O2. The Morgan fingerprint density at radius 2 is 1.65 bits per heavy atom. The summed E-state index contributed by atoms with van der Waals surface area (Å²) in [6.07, 6.45) is 10.7. The van der Waals surface area contributed by atoms with Crippen molar-refractivity contribution < 1.29 is 9.53 Å². The van der Waals surface area contributed by atoms with Gasteiger partial charge in [0.05, 0.1) is 18.4 Å². The number of amides is 1. The number of hydrogen-bond acceptors (Lipinski definition) is 4. The average Bonchev–Trinajstić information content (AvgIpc) is 3.66. The molecule has 5 heteroatoms. The van der Waals surface area contributed by atoms with Crippen LogP contribution in [0.1, 0.15) is 54.6 Å². The molecule has 0 radical (unpaired) electrons. The van der Waals surface area contributed by atoms with Crippen molar-refractivity contribution in [2.45, 2.75) is 45.7 Å². The lowest BCUT2D eigenvalue weighted by molar-refractivity contribution is 0.0546. The standard InChI is InChI=1S/C33H38N2O2.C5H3N/c1-5-27-8-6-7-9-32(27)33(36)35(30-19-22-34(23-20-30)21-18-25(2)3)24-26-10-12-28(13-11-26)29-14-16-31(37-4)17-15-29;1-2-6-5-3-4(1)5/h1,6-17,25,30H,18-24H2,2-4H3;1-3H. The molecule has 1 amide bonds. The monoisotopic (exact) mass is 571 g/mol. The molecule has 0 bridgehead atoms. The summed E-state index contributed by atoms with van der Waals surface area (Å²) in [7, 11) is 1.67. The van der Waals surface area contributed by atoms with Crippen molar-refractivity contribution in [3.05, 3.63) is 108 Å². The lowest BCUT2D eigenvalue weighted by Crippen LogP contribution is -2.47. The molecule has 0 aromatic heterocycles. The molecule has 220 valence electrons. The van der Waals surface area contributed by atoms with E-state index in [4.69, 9.17) is 11.2 Å². The van der Waals surface area contributed by atoms with Gasteiger partial charge in [-0.15, -0.1) is 6.42 Å². The van der Waals surface area contributed by atoms with Crippen LogP contribution in [-0.2, 0) is 6.54 Å². The fourth-order valence-corrected chi connectivity index (χ4v) is 5.55. The van der Waals surface area contributed by atoms with E-state index < -0.39 is 0 Å². The second-order valence-corrected chi connectivity index (χ2v) is 11.7. The Balaban J connectivity index is 0.000000537. The third kappa shape index (κ3) is 7.91. The number of hydrogen-bond donors (Lipinski definition) is 0. The molecule has 2 aliphatic heterocycles. The van der Waals surface area contributed by atoms with Crippen LogP contribution in [0, 0.1) is 18.3 Å². The SMILES string of the molecule is C#Cc1ccccc1C(=O)N(Cc1ccc(-c2ccc(OC)cc2)cc1)C1CCN(CCC(C)C)CC1.c1cc2cc-2n1. The van der Waals surface area contributed by atoms with Gasteiger partial charge >= 0.3 is 0 Å². The maximum absolute atomic E-state index is 13.9. The van der Waals surface area contributed by atoms with Crippen molar-refractivity contribution in [3.63, 3.8) is 0 Å². The topological polar surface area (TPSA) is 45.7 Å². The highest BCUT2D eigenvalue weighted by Gasteiger charge is 2.29. The Kier molecular flexibility index (Phi) is 9.92. The lowest BCUT2D eigenvalue weighted by Gasteiger charge is -2.39. The van der Waals surface area contributed by atoms with Gasteiger partial charge in [0.1, 0.15) is 5.75 Å². The van der Waals surface area contributed by atoms with Gasteiger partial charge in [0.2, 0.25) is 0 Å². The fraction of sp³-hybridized carbons (Fsp3) is 0.316. The lowest BCUT2D eigenvalue weighted by atomic mass is 9.98. The summed E-state index contributed by atoms with van der Waals surface area (Å²) in [4.78, 5) is 22.4. The number of ether oxygens (including phenoxy) is 1. The van der Waals surface area contributed by atoms with Gasteiger partial charge in [0.15, 0.2) is 0 Å². The molecule has 2 heterocycles. The Labute approximate surface area is 256 Å². The van der Waals surface area contributed by atoms with Crippen LogP contribution in [0.5, 0.6) is 5.75 Å². The third-order valence-corrected chi connectivity index (χ3v) is 8.30. The number of terminal acetylenes is 1. The normalized spacial score (nSPS) is 13.9. The first-order chi connectivity index (χ1) is 20.9. The number of piperidine rings is 1. The van der Waals surface area contributed by atoms with Crippen LogP contribution in [0.4, 0.5) is 0 Å². The van der Waals surface area contributed by atoms with Gasteiger partial charge in [-0.05, 0) is 84.8 Å². The quantitative estimate of drug-likeness (QED) is 0.171. The smallest absolute Gasteiger partial charge is 0.255 e. The Morgan fingerprint density at radius 1 is 0.977 bits per heavy atom. The van der Waals surface area contributed by atoms with E-state index in [1.54, 1.807) is 7.11 Å². The van der Waals surface area contributed by atoms with Gasteiger partial charge in [-0.1, -0.05) is 68.3 Å². The number of fused-ring (bicyclic) bond motifs is 1. The molecule has 0 unspecified atom stereocenters. The number of likely N-dealkylation sites (tertiary alicyclic amines) is 1. The van der Waals surface area contributed by atoms with Crippen molar-refractivity contribution >= 4 is 5.91 Å². The average molecular weight is 572 g/mol. The minimum absolute atomic E-state index is 0.0217. The largest absolute Gasteiger partial charge is 0.497 e. The van der Waals surface area contributed by atoms with E-state index in [9.17, 15) is 4.79 Å². The van der Waals surface area contributed by atoms with Gasteiger partial charge < -0.3 is 14.5 Å². The molecule has 0 atom stereocenters. The minimum atomic E-state index is 0.0217. The molecule has 1 aliphatic carbocycles. The van der Waals surface area contributed by atoms with Crippen LogP contribution >= 0.6 is 0 Å². The summed E-state index contributed by atoms with van der Waals surface area (Å²) in [6, 6.07) is 28.3. The van der Waals surface area contributed by atoms with Crippen molar-refractivity contribution in [2.75, 3.05) is 26.7 Å². The van der Waals surface area contributed by atoms with Crippen LogP contribution in [0.15, 0.2) is 91.1 Å². The number of nitrogens with zero attached hydrogens (tertiary/aromatic N) is 3. The Morgan fingerprint density at radius 3 is 2.19 bits per heavy atom. The second-order valence-electron chi connectivity index (χ2n) is 11.7. The molecule has 5 nitrogen and oxygen atoms in total. The zero-order chi connectivity index (χ0) is 30.2. The number of methoxy groups -OCH3 is 1. The maximum atomic E-state index is 13.9. The minimum Gasteiger partial charge on any atom is -0.497 e. The first-order valence-corrected chi connectivity index (χ1v) is 15.2. The molecule has 43 heavy (non-hydrogen) atoms. The highest BCUT2D eigenvalue weighted by molar-refractivity contribution is 5.97. The Bertz CT molecular complexity index is 1530. The molecule has 0 N–H and O–H groups in total. The van der Waals surface area contributed by atoms with Gasteiger partial charge in [-0.2, -0.15) is 0 Å². The molecule has 1 fully saturated rings. The molecule has 0 spiro atoms. The van der Waals surface area contributed by atoms with Crippen molar-refractivity contribution in [1.82, 2.24) is 14.8 Å². The number of carbonyl (C=O) groups is 1. The maximum Gasteiger partial charge on any atom is 0.255 e. The van der Waals surface area contributed by atoms with Crippen LogP contribution in [0.25, 0.3) is 22.4 Å². The summed E-state index contributed by atoms with van der Waals surface area (Å²) in [6.45, 7) is 8.29. The molecule has 3 aromatic rings. The van der Waals surface area contributed by atoms with Gasteiger partial charge in [0.25, 0.3) is 5.91 Å².